The van der Waals surface area contributed by atoms with Gasteiger partial charge in [-0.25, -0.2) is 5.43 Å². The lowest BCUT2D eigenvalue weighted by Gasteiger charge is -2.47. The number of carbonyl (C=O) groups is 2. The summed E-state index contributed by atoms with van der Waals surface area (Å²) >= 11 is 6.61. The van der Waals surface area contributed by atoms with Gasteiger partial charge in [-0.15, -0.1) is 0 Å². The van der Waals surface area contributed by atoms with Gasteiger partial charge in [-0.2, -0.15) is 0 Å². The molecule has 0 unspecified atom stereocenters. The molecule has 4 aliphatic rings. The maximum Gasteiger partial charge on any atom is 0.275 e. The standard InChI is InChI=1S/C32H39ClN6O2/c1-31(2,3)23-14-16-32(17-15-23)37-27(24-6-4-5-7-25(24)33)30(41)39(32)28(20-8-9-20)21-10-12-22(13-11-21)29(40)34-18-26-35-19-36-38-26/h4-7,10-13,20,23,28,36H,8-9,14-19H2,1-3H3,(H,34,40)(H,35,38)/t23?,28-,32?/m1/s1. The average Bonchev–Trinajstić information content (AvgIpc) is 3.59. The average molecular weight is 575 g/mol. The molecule has 9 heteroatoms. The molecule has 0 saturated heterocycles. The Bertz CT molecular complexity index is 1380. The number of carbonyl (C=O) groups excluding carboxylic acids is 2. The molecular weight excluding hydrogens is 536 g/mol. The van der Waals surface area contributed by atoms with Gasteiger partial charge in [-0.05, 0) is 79.5 Å². The Morgan fingerprint density at radius 3 is 2.41 bits per heavy atom. The molecule has 1 atom stereocenters. The Balaban J connectivity index is 1.31. The molecule has 0 bridgehead atoms. The van der Waals surface area contributed by atoms with Gasteiger partial charge in [-0.1, -0.05) is 62.7 Å². The summed E-state index contributed by atoms with van der Waals surface area (Å²) < 4.78 is 0. The fourth-order valence-corrected chi connectivity index (χ4v) is 6.91. The van der Waals surface area contributed by atoms with Gasteiger partial charge in [0, 0.05) is 11.1 Å². The maximum absolute atomic E-state index is 14.4. The third-order valence-electron chi connectivity index (χ3n) is 9.19. The molecule has 2 aliphatic heterocycles. The number of hydrogen-bond donors (Lipinski definition) is 3. The number of benzene rings is 2. The van der Waals surface area contributed by atoms with E-state index in [1.54, 1.807) is 0 Å². The first kappa shape index (κ1) is 27.9. The molecule has 0 radical (unpaired) electrons. The molecule has 2 heterocycles. The Labute approximate surface area is 247 Å². The third kappa shape index (κ3) is 5.52. The van der Waals surface area contributed by atoms with E-state index in [0.717, 1.165) is 44.1 Å². The smallest absolute Gasteiger partial charge is 0.275 e. The van der Waals surface area contributed by atoms with E-state index >= 15 is 0 Å². The molecule has 8 nitrogen and oxygen atoms in total. The van der Waals surface area contributed by atoms with Gasteiger partial charge in [0.05, 0.1) is 17.6 Å². The van der Waals surface area contributed by atoms with Gasteiger partial charge in [-0.3, -0.25) is 19.6 Å². The summed E-state index contributed by atoms with van der Waals surface area (Å²) in [5.74, 6) is 1.47. The third-order valence-corrected chi connectivity index (χ3v) is 9.52. The number of amidine groups is 1. The Hall–Kier alpha value is -3.23. The molecule has 2 fully saturated rings. The molecule has 2 aromatic rings. The van der Waals surface area contributed by atoms with E-state index in [1.807, 2.05) is 48.5 Å². The highest BCUT2D eigenvalue weighted by atomic mass is 35.5. The summed E-state index contributed by atoms with van der Waals surface area (Å²) in [5, 5.41) is 3.46. The molecule has 2 aromatic carbocycles. The molecule has 6 rings (SSSR count). The number of amides is 2. The van der Waals surface area contributed by atoms with Crippen molar-refractivity contribution in [1.29, 1.82) is 0 Å². The van der Waals surface area contributed by atoms with Crippen LogP contribution in [0, 0.1) is 17.3 Å². The summed E-state index contributed by atoms with van der Waals surface area (Å²) in [6.07, 6.45) is 5.87. The Kier molecular flexibility index (Phi) is 7.41. The van der Waals surface area contributed by atoms with E-state index < -0.39 is 5.66 Å². The van der Waals surface area contributed by atoms with Gasteiger partial charge in [0.1, 0.15) is 23.9 Å². The van der Waals surface area contributed by atoms with Crippen LogP contribution in [0.5, 0.6) is 0 Å². The Morgan fingerprint density at radius 2 is 1.80 bits per heavy atom. The molecule has 2 saturated carbocycles. The van der Waals surface area contributed by atoms with E-state index in [-0.39, 0.29) is 23.3 Å². The zero-order valence-corrected chi connectivity index (χ0v) is 24.8. The van der Waals surface area contributed by atoms with Gasteiger partial charge in [0.25, 0.3) is 11.8 Å². The minimum Gasteiger partial charge on any atom is -0.345 e. The number of nitrogens with one attached hydrogen (secondary N) is 3. The summed E-state index contributed by atoms with van der Waals surface area (Å²) in [5.41, 5.74) is 8.27. The zero-order valence-electron chi connectivity index (χ0n) is 24.0. The monoisotopic (exact) mass is 574 g/mol. The van der Waals surface area contributed by atoms with Crippen LogP contribution >= 0.6 is 11.6 Å². The van der Waals surface area contributed by atoms with Crippen molar-refractivity contribution >= 4 is 35.0 Å². The minimum atomic E-state index is -0.584. The van der Waals surface area contributed by atoms with Crippen LogP contribution in [-0.4, -0.2) is 47.1 Å². The topological polar surface area (TPSA) is 98.2 Å². The lowest BCUT2D eigenvalue weighted by atomic mass is 9.69. The number of halogens is 1. The lowest BCUT2D eigenvalue weighted by Crippen LogP contribution is -2.52. The van der Waals surface area contributed by atoms with Crippen molar-refractivity contribution in [3.63, 3.8) is 0 Å². The van der Waals surface area contributed by atoms with Crippen LogP contribution in [0.2, 0.25) is 5.02 Å². The van der Waals surface area contributed by atoms with E-state index in [1.165, 1.54) is 0 Å². The fourth-order valence-electron chi connectivity index (χ4n) is 6.68. The molecule has 41 heavy (non-hydrogen) atoms. The predicted octanol–water partition coefficient (Wildman–Crippen LogP) is 5.25. The molecule has 2 amide bonds. The van der Waals surface area contributed by atoms with Crippen molar-refractivity contribution in [2.45, 2.75) is 71.0 Å². The van der Waals surface area contributed by atoms with Crippen molar-refractivity contribution in [1.82, 2.24) is 21.1 Å². The van der Waals surface area contributed by atoms with Crippen LogP contribution in [-0.2, 0) is 4.79 Å². The number of hydrogen-bond acceptors (Lipinski definition) is 6. The minimum absolute atomic E-state index is 0.0375. The van der Waals surface area contributed by atoms with Crippen molar-refractivity contribution in [2.75, 3.05) is 13.2 Å². The van der Waals surface area contributed by atoms with E-state index in [2.05, 4.69) is 46.8 Å². The summed E-state index contributed by atoms with van der Waals surface area (Å²) in [7, 11) is 0. The van der Waals surface area contributed by atoms with Crippen LogP contribution in [0.25, 0.3) is 0 Å². The molecule has 3 N–H and O–H groups in total. The normalized spacial score (nSPS) is 25.1. The number of aliphatic imine (C=N–C) groups is 2. The quantitative estimate of drug-likeness (QED) is 0.421. The lowest BCUT2D eigenvalue weighted by molar-refractivity contribution is -0.134. The van der Waals surface area contributed by atoms with Crippen LogP contribution in [0.3, 0.4) is 0 Å². The van der Waals surface area contributed by atoms with Crippen molar-refractivity contribution in [3.05, 3.63) is 70.2 Å². The van der Waals surface area contributed by atoms with Crippen molar-refractivity contribution in [3.8, 4) is 0 Å². The molecule has 1 spiro atoms. The van der Waals surface area contributed by atoms with Crippen LogP contribution < -0.4 is 16.2 Å². The summed E-state index contributed by atoms with van der Waals surface area (Å²) in [6, 6.07) is 15.2. The largest absolute Gasteiger partial charge is 0.345 e. The van der Waals surface area contributed by atoms with Crippen LogP contribution in [0.15, 0.2) is 58.5 Å². The molecule has 0 aromatic heterocycles. The SMILES string of the molecule is CC(C)(C)C1CCC2(CC1)N=C(c1ccccc1Cl)C(=O)N2[C@@H](c1ccc(C(=O)NCC2=NCNN2)cc1)C1CC1. The molecule has 216 valence electrons. The highest BCUT2D eigenvalue weighted by molar-refractivity contribution is 6.50. The van der Waals surface area contributed by atoms with Gasteiger partial charge >= 0.3 is 0 Å². The first-order valence-electron chi connectivity index (χ1n) is 14.7. The first-order valence-corrected chi connectivity index (χ1v) is 15.1. The zero-order chi connectivity index (χ0) is 28.8. The van der Waals surface area contributed by atoms with Gasteiger partial charge in [0.2, 0.25) is 0 Å². The highest BCUT2D eigenvalue weighted by Gasteiger charge is 2.55. The van der Waals surface area contributed by atoms with E-state index in [4.69, 9.17) is 16.6 Å². The highest BCUT2D eigenvalue weighted by Crippen LogP contribution is 2.54. The molecular formula is C32H39ClN6O2. The van der Waals surface area contributed by atoms with Crippen LogP contribution in [0.1, 0.15) is 86.8 Å². The van der Waals surface area contributed by atoms with Crippen molar-refractivity contribution in [2.24, 2.45) is 27.2 Å². The summed E-state index contributed by atoms with van der Waals surface area (Å²) in [4.78, 5) is 38.8. The Morgan fingerprint density at radius 1 is 1.10 bits per heavy atom. The number of rotatable bonds is 7. The van der Waals surface area contributed by atoms with E-state index in [9.17, 15) is 9.59 Å². The maximum atomic E-state index is 14.4. The number of hydrazine groups is 1. The second kappa shape index (κ2) is 10.9. The number of nitrogens with zero attached hydrogens (tertiary/aromatic N) is 3. The van der Waals surface area contributed by atoms with E-state index in [0.29, 0.717) is 52.7 Å². The first-order chi connectivity index (χ1) is 19.7. The second-order valence-electron chi connectivity index (χ2n) is 12.9. The summed E-state index contributed by atoms with van der Waals surface area (Å²) in [6.45, 7) is 7.76. The van der Waals surface area contributed by atoms with Crippen molar-refractivity contribution < 1.29 is 9.59 Å². The van der Waals surface area contributed by atoms with Gasteiger partial charge in [0.15, 0.2) is 0 Å². The van der Waals surface area contributed by atoms with Crippen LogP contribution in [0.4, 0.5) is 0 Å². The molecule has 2 aliphatic carbocycles. The fraction of sp³-hybridized carbons (Fsp3) is 0.500. The second-order valence-corrected chi connectivity index (χ2v) is 13.3. The van der Waals surface area contributed by atoms with Gasteiger partial charge < -0.3 is 15.6 Å². The predicted molar refractivity (Wildman–Crippen MR) is 162 cm³/mol.